The van der Waals surface area contributed by atoms with E-state index in [-0.39, 0.29) is 12.8 Å². The van der Waals surface area contributed by atoms with Crippen molar-refractivity contribution >= 4 is 5.69 Å². The predicted octanol–water partition coefficient (Wildman–Crippen LogP) is 3.35. The molecular formula is C12H14F3N. The summed E-state index contributed by atoms with van der Waals surface area (Å²) in [5, 5.41) is 0. The summed E-state index contributed by atoms with van der Waals surface area (Å²) >= 11 is 0. The Bertz CT molecular complexity index is 374. The maximum atomic E-state index is 12.8. The van der Waals surface area contributed by atoms with Gasteiger partial charge in [0.1, 0.15) is 0 Å². The number of alkyl halides is 3. The first-order valence-electron chi connectivity index (χ1n) is 5.21. The molecule has 1 aliphatic rings. The maximum absolute atomic E-state index is 12.8. The van der Waals surface area contributed by atoms with Crippen LogP contribution in [0.2, 0.25) is 0 Å². The highest BCUT2D eigenvalue weighted by Gasteiger charge is 2.64. The second-order valence-corrected chi connectivity index (χ2v) is 4.52. The Kier molecular flexibility index (Phi) is 2.40. The van der Waals surface area contributed by atoms with Crippen LogP contribution in [0.25, 0.3) is 0 Å². The molecule has 1 aliphatic carbocycles. The molecule has 88 valence electrons. The molecule has 1 aromatic rings. The molecule has 0 heterocycles. The van der Waals surface area contributed by atoms with Crippen molar-refractivity contribution in [3.05, 3.63) is 29.8 Å². The van der Waals surface area contributed by atoms with Crippen LogP contribution < -0.4 is 4.90 Å². The van der Waals surface area contributed by atoms with Crippen molar-refractivity contribution in [2.75, 3.05) is 19.0 Å². The number of nitrogens with zero attached hydrogens (tertiary/aromatic N) is 1. The van der Waals surface area contributed by atoms with E-state index in [1.54, 1.807) is 24.3 Å². The summed E-state index contributed by atoms with van der Waals surface area (Å²) in [5.74, 6) is 0. The molecule has 1 saturated carbocycles. The Labute approximate surface area is 92.9 Å². The summed E-state index contributed by atoms with van der Waals surface area (Å²) in [6.45, 7) is 0. The van der Waals surface area contributed by atoms with Crippen LogP contribution in [-0.2, 0) is 5.41 Å². The Morgan fingerprint density at radius 2 is 1.56 bits per heavy atom. The van der Waals surface area contributed by atoms with Gasteiger partial charge in [-0.2, -0.15) is 13.2 Å². The van der Waals surface area contributed by atoms with Crippen LogP contribution in [0.3, 0.4) is 0 Å². The summed E-state index contributed by atoms with van der Waals surface area (Å²) in [6, 6.07) is 6.66. The lowest BCUT2D eigenvalue weighted by molar-refractivity contribution is -0.160. The lowest BCUT2D eigenvalue weighted by Crippen LogP contribution is -2.28. The van der Waals surface area contributed by atoms with Crippen LogP contribution in [0.1, 0.15) is 18.4 Å². The normalized spacial score (nSPS) is 18.3. The highest BCUT2D eigenvalue weighted by atomic mass is 19.4. The van der Waals surface area contributed by atoms with Crippen molar-refractivity contribution in [2.24, 2.45) is 0 Å². The van der Waals surface area contributed by atoms with E-state index in [0.717, 1.165) is 5.69 Å². The third-order valence-corrected chi connectivity index (χ3v) is 3.23. The molecule has 4 heteroatoms. The zero-order valence-electron chi connectivity index (χ0n) is 9.30. The Morgan fingerprint density at radius 1 is 1.06 bits per heavy atom. The summed E-state index contributed by atoms with van der Waals surface area (Å²) in [6.07, 6.45) is -3.68. The Hall–Kier alpha value is -1.19. The van der Waals surface area contributed by atoms with E-state index >= 15 is 0 Å². The quantitative estimate of drug-likeness (QED) is 0.751. The van der Waals surface area contributed by atoms with E-state index in [2.05, 4.69) is 0 Å². The summed E-state index contributed by atoms with van der Waals surface area (Å²) in [5.41, 5.74) is -0.245. The standard InChI is InChI=1S/C12H14F3N/c1-16(2)10-5-3-9(4-6-10)11(7-8-11)12(13,14)15/h3-6H,7-8H2,1-2H3. The van der Waals surface area contributed by atoms with Crippen molar-refractivity contribution in [2.45, 2.75) is 24.4 Å². The first-order valence-corrected chi connectivity index (χ1v) is 5.21. The third-order valence-electron chi connectivity index (χ3n) is 3.23. The van der Waals surface area contributed by atoms with E-state index < -0.39 is 11.6 Å². The zero-order chi connectivity index (χ0) is 12.0. The Balaban J connectivity index is 2.29. The number of hydrogen-bond donors (Lipinski definition) is 0. The van der Waals surface area contributed by atoms with Crippen molar-refractivity contribution < 1.29 is 13.2 Å². The number of anilines is 1. The molecule has 0 saturated heterocycles. The van der Waals surface area contributed by atoms with Crippen LogP contribution in [-0.4, -0.2) is 20.3 Å². The van der Waals surface area contributed by atoms with E-state index in [9.17, 15) is 13.2 Å². The molecule has 0 radical (unpaired) electrons. The summed E-state index contributed by atoms with van der Waals surface area (Å²) in [7, 11) is 3.73. The average molecular weight is 229 g/mol. The topological polar surface area (TPSA) is 3.24 Å². The van der Waals surface area contributed by atoms with Gasteiger partial charge in [-0.3, -0.25) is 0 Å². The van der Waals surface area contributed by atoms with Gasteiger partial charge in [-0.25, -0.2) is 0 Å². The summed E-state index contributed by atoms with van der Waals surface area (Å²) < 4.78 is 38.5. The zero-order valence-corrected chi connectivity index (χ0v) is 9.30. The van der Waals surface area contributed by atoms with Gasteiger partial charge in [0.2, 0.25) is 0 Å². The second-order valence-electron chi connectivity index (χ2n) is 4.52. The van der Waals surface area contributed by atoms with Gasteiger partial charge >= 0.3 is 6.18 Å². The van der Waals surface area contributed by atoms with Gasteiger partial charge in [-0.05, 0) is 30.5 Å². The minimum absolute atomic E-state index is 0.220. The fraction of sp³-hybridized carbons (Fsp3) is 0.500. The maximum Gasteiger partial charge on any atom is 0.398 e. The van der Waals surface area contributed by atoms with Crippen LogP contribution in [0, 0.1) is 0 Å². The van der Waals surface area contributed by atoms with E-state index in [4.69, 9.17) is 0 Å². The molecule has 1 fully saturated rings. The van der Waals surface area contributed by atoms with E-state index in [1.165, 1.54) is 0 Å². The molecule has 0 aromatic heterocycles. The van der Waals surface area contributed by atoms with Gasteiger partial charge < -0.3 is 4.90 Å². The first kappa shape index (κ1) is 11.3. The number of benzene rings is 1. The molecule has 1 aromatic carbocycles. The van der Waals surface area contributed by atoms with E-state index in [0.29, 0.717) is 5.56 Å². The smallest absolute Gasteiger partial charge is 0.378 e. The fourth-order valence-corrected chi connectivity index (χ4v) is 1.94. The monoisotopic (exact) mass is 229 g/mol. The van der Waals surface area contributed by atoms with Gasteiger partial charge in [0.15, 0.2) is 0 Å². The number of halogens is 3. The molecule has 1 nitrogen and oxygen atoms in total. The molecule has 0 aliphatic heterocycles. The first-order chi connectivity index (χ1) is 7.37. The molecule has 0 spiro atoms. The lowest BCUT2D eigenvalue weighted by Gasteiger charge is -2.20. The van der Waals surface area contributed by atoms with Gasteiger partial charge in [0.05, 0.1) is 5.41 Å². The van der Waals surface area contributed by atoms with E-state index in [1.807, 2.05) is 19.0 Å². The molecular weight excluding hydrogens is 215 g/mol. The molecule has 2 rings (SSSR count). The molecule has 0 unspecified atom stereocenters. The third kappa shape index (κ3) is 1.66. The molecule has 0 atom stereocenters. The highest BCUT2D eigenvalue weighted by molar-refractivity contribution is 5.48. The molecule has 0 bridgehead atoms. The largest absolute Gasteiger partial charge is 0.398 e. The average Bonchev–Trinajstić information content (AvgIpc) is 2.97. The van der Waals surface area contributed by atoms with Crippen molar-refractivity contribution in [1.29, 1.82) is 0 Å². The van der Waals surface area contributed by atoms with Crippen LogP contribution in [0.4, 0.5) is 18.9 Å². The van der Waals surface area contributed by atoms with Gasteiger partial charge in [-0.15, -0.1) is 0 Å². The minimum Gasteiger partial charge on any atom is -0.378 e. The van der Waals surface area contributed by atoms with Gasteiger partial charge in [0, 0.05) is 19.8 Å². The van der Waals surface area contributed by atoms with Crippen molar-refractivity contribution in [1.82, 2.24) is 0 Å². The molecule has 0 amide bonds. The Morgan fingerprint density at radius 3 is 1.88 bits per heavy atom. The number of rotatable bonds is 2. The molecule has 16 heavy (non-hydrogen) atoms. The minimum atomic E-state index is -4.12. The SMILES string of the molecule is CN(C)c1ccc(C2(C(F)(F)F)CC2)cc1. The predicted molar refractivity (Wildman–Crippen MR) is 57.7 cm³/mol. The van der Waals surface area contributed by atoms with Crippen molar-refractivity contribution in [3.8, 4) is 0 Å². The van der Waals surface area contributed by atoms with Crippen LogP contribution >= 0.6 is 0 Å². The number of hydrogen-bond acceptors (Lipinski definition) is 1. The summed E-state index contributed by atoms with van der Waals surface area (Å²) in [4.78, 5) is 1.87. The van der Waals surface area contributed by atoms with Gasteiger partial charge in [0.25, 0.3) is 0 Å². The van der Waals surface area contributed by atoms with Gasteiger partial charge in [-0.1, -0.05) is 12.1 Å². The highest BCUT2D eigenvalue weighted by Crippen LogP contribution is 2.58. The van der Waals surface area contributed by atoms with Crippen LogP contribution in [0.5, 0.6) is 0 Å². The second kappa shape index (κ2) is 3.40. The van der Waals surface area contributed by atoms with Crippen molar-refractivity contribution in [3.63, 3.8) is 0 Å². The lowest BCUT2D eigenvalue weighted by atomic mass is 9.95. The fourth-order valence-electron chi connectivity index (χ4n) is 1.94. The molecule has 0 N–H and O–H groups in total. The van der Waals surface area contributed by atoms with Crippen LogP contribution in [0.15, 0.2) is 24.3 Å².